The fourth-order valence-electron chi connectivity index (χ4n) is 4.59. The van der Waals surface area contributed by atoms with Crippen LogP contribution in [0.2, 0.25) is 0 Å². The van der Waals surface area contributed by atoms with Gasteiger partial charge in [-0.3, -0.25) is 13.9 Å². The van der Waals surface area contributed by atoms with Crippen molar-refractivity contribution in [1.82, 2.24) is 10.2 Å². The van der Waals surface area contributed by atoms with Gasteiger partial charge in [-0.05, 0) is 68.5 Å². The summed E-state index contributed by atoms with van der Waals surface area (Å²) in [5, 5.41) is 3.05. The molecule has 0 aliphatic heterocycles. The van der Waals surface area contributed by atoms with Gasteiger partial charge in [-0.15, -0.1) is 0 Å². The summed E-state index contributed by atoms with van der Waals surface area (Å²) >= 11 is 0. The largest absolute Gasteiger partial charge is 0.352 e. The summed E-state index contributed by atoms with van der Waals surface area (Å²) < 4.78 is 27.1. The Labute approximate surface area is 239 Å². The van der Waals surface area contributed by atoms with Gasteiger partial charge in [-0.1, -0.05) is 73.2 Å². The summed E-state index contributed by atoms with van der Waals surface area (Å²) in [6.45, 7) is 9.41. The smallest absolute Gasteiger partial charge is 0.244 e. The number of carbonyl (C=O) groups is 2. The second-order valence-corrected chi connectivity index (χ2v) is 12.6. The molecule has 3 aromatic carbocycles. The molecule has 0 aliphatic carbocycles. The van der Waals surface area contributed by atoms with Gasteiger partial charge >= 0.3 is 0 Å². The molecule has 0 bridgehead atoms. The maximum atomic E-state index is 14.1. The number of carbonyl (C=O) groups excluding carboxylic acids is 2. The zero-order chi connectivity index (χ0) is 29.4. The van der Waals surface area contributed by atoms with Crippen molar-refractivity contribution >= 4 is 27.5 Å². The standard InChI is InChI=1S/C32H41N3O4S/c1-7-26(5)33-32(37)30(20-27-11-9-8-10-12-27)34(21-28-15-13-23(2)14-16-28)31(36)22-35(40(6,38)39)29-18-24(3)17-25(4)19-29/h8-19,26,30H,7,20-22H2,1-6H3,(H,33,37)/t26-,30+/m0/s1. The number of hydrogen-bond donors (Lipinski definition) is 1. The molecule has 0 aromatic heterocycles. The van der Waals surface area contributed by atoms with Crippen LogP contribution in [0.4, 0.5) is 5.69 Å². The highest BCUT2D eigenvalue weighted by atomic mass is 32.2. The lowest BCUT2D eigenvalue weighted by Gasteiger charge is -2.34. The molecule has 0 unspecified atom stereocenters. The van der Waals surface area contributed by atoms with Crippen LogP contribution in [0.1, 0.15) is 48.1 Å². The first-order chi connectivity index (χ1) is 18.9. The van der Waals surface area contributed by atoms with Crippen molar-refractivity contribution in [2.75, 3.05) is 17.1 Å². The predicted octanol–water partition coefficient (Wildman–Crippen LogP) is 4.93. The molecule has 3 rings (SSSR count). The molecule has 7 nitrogen and oxygen atoms in total. The van der Waals surface area contributed by atoms with E-state index in [1.165, 1.54) is 4.90 Å². The highest BCUT2D eigenvalue weighted by molar-refractivity contribution is 7.92. The molecule has 3 aromatic rings. The van der Waals surface area contributed by atoms with Crippen LogP contribution in [-0.2, 0) is 32.6 Å². The van der Waals surface area contributed by atoms with Crippen LogP contribution in [0.3, 0.4) is 0 Å². The van der Waals surface area contributed by atoms with E-state index in [9.17, 15) is 18.0 Å². The number of amides is 2. The highest BCUT2D eigenvalue weighted by Crippen LogP contribution is 2.23. The Morgan fingerprint density at radius 3 is 2.00 bits per heavy atom. The summed E-state index contributed by atoms with van der Waals surface area (Å²) in [5.41, 5.74) is 5.04. The van der Waals surface area contributed by atoms with Crippen molar-refractivity contribution in [2.24, 2.45) is 0 Å². The third kappa shape index (κ3) is 8.68. The molecule has 0 saturated carbocycles. The Balaban J connectivity index is 2.07. The first-order valence-corrected chi connectivity index (χ1v) is 15.5. The van der Waals surface area contributed by atoms with Crippen molar-refractivity contribution in [2.45, 2.75) is 66.1 Å². The van der Waals surface area contributed by atoms with Gasteiger partial charge in [-0.2, -0.15) is 0 Å². The number of benzene rings is 3. The van der Waals surface area contributed by atoms with Crippen LogP contribution in [0.5, 0.6) is 0 Å². The average molecular weight is 564 g/mol. The van der Waals surface area contributed by atoms with Gasteiger partial charge in [0.25, 0.3) is 0 Å². The van der Waals surface area contributed by atoms with Crippen molar-refractivity contribution in [3.05, 3.63) is 101 Å². The van der Waals surface area contributed by atoms with Gasteiger partial charge in [0.05, 0.1) is 11.9 Å². The van der Waals surface area contributed by atoms with Crippen LogP contribution < -0.4 is 9.62 Å². The number of aryl methyl sites for hydroxylation is 3. The molecule has 40 heavy (non-hydrogen) atoms. The minimum atomic E-state index is -3.80. The second kappa shape index (κ2) is 13.6. The van der Waals surface area contributed by atoms with E-state index in [1.54, 1.807) is 12.1 Å². The average Bonchev–Trinajstić information content (AvgIpc) is 2.89. The second-order valence-electron chi connectivity index (χ2n) is 10.6. The quantitative estimate of drug-likeness (QED) is 0.339. The zero-order valence-electron chi connectivity index (χ0n) is 24.3. The molecule has 0 spiro atoms. The van der Waals surface area contributed by atoms with E-state index in [-0.39, 0.29) is 18.5 Å². The summed E-state index contributed by atoms with van der Waals surface area (Å²) in [7, 11) is -3.80. The molecular weight excluding hydrogens is 522 g/mol. The molecule has 2 amide bonds. The van der Waals surface area contributed by atoms with Crippen LogP contribution in [0.25, 0.3) is 0 Å². The lowest BCUT2D eigenvalue weighted by Crippen LogP contribution is -2.54. The topological polar surface area (TPSA) is 86.8 Å². The molecule has 1 N–H and O–H groups in total. The summed E-state index contributed by atoms with van der Waals surface area (Å²) in [5.74, 6) is -0.721. The molecule has 2 atom stereocenters. The molecule has 0 radical (unpaired) electrons. The van der Waals surface area contributed by atoms with Crippen LogP contribution in [0.15, 0.2) is 72.8 Å². The molecule has 0 fully saturated rings. The third-order valence-electron chi connectivity index (χ3n) is 6.92. The van der Waals surface area contributed by atoms with E-state index in [1.807, 2.05) is 95.3 Å². The highest BCUT2D eigenvalue weighted by Gasteiger charge is 2.33. The number of sulfonamides is 1. The van der Waals surface area contributed by atoms with Gasteiger partial charge in [0.1, 0.15) is 12.6 Å². The Morgan fingerprint density at radius 2 is 1.45 bits per heavy atom. The van der Waals surface area contributed by atoms with Crippen molar-refractivity contribution in [1.29, 1.82) is 0 Å². The molecule has 214 valence electrons. The van der Waals surface area contributed by atoms with E-state index >= 15 is 0 Å². The summed E-state index contributed by atoms with van der Waals surface area (Å²) in [6, 6.07) is 21.9. The van der Waals surface area contributed by atoms with Crippen LogP contribution in [0, 0.1) is 20.8 Å². The number of nitrogens with one attached hydrogen (secondary N) is 1. The fourth-order valence-corrected chi connectivity index (χ4v) is 5.43. The normalized spacial score (nSPS) is 12.8. The van der Waals surface area contributed by atoms with E-state index in [4.69, 9.17) is 0 Å². The van der Waals surface area contributed by atoms with E-state index in [0.29, 0.717) is 12.1 Å². The molecule has 8 heteroatoms. The molecule has 0 aliphatic rings. The number of hydrogen-bond acceptors (Lipinski definition) is 4. The van der Waals surface area contributed by atoms with E-state index in [0.717, 1.165) is 44.8 Å². The van der Waals surface area contributed by atoms with Gasteiger partial charge in [-0.25, -0.2) is 8.42 Å². The Morgan fingerprint density at radius 1 is 0.850 bits per heavy atom. The number of anilines is 1. The Kier molecular flexibility index (Phi) is 10.5. The number of rotatable bonds is 12. The third-order valence-corrected chi connectivity index (χ3v) is 8.06. The lowest BCUT2D eigenvalue weighted by molar-refractivity contribution is -0.140. The fraction of sp³-hybridized carbons (Fsp3) is 0.375. The Bertz CT molecular complexity index is 1390. The summed E-state index contributed by atoms with van der Waals surface area (Å²) in [4.78, 5) is 29.4. The van der Waals surface area contributed by atoms with E-state index < -0.39 is 28.5 Å². The first kappa shape index (κ1) is 30.9. The van der Waals surface area contributed by atoms with Gasteiger partial charge in [0.15, 0.2) is 0 Å². The maximum absolute atomic E-state index is 14.1. The molecule has 0 saturated heterocycles. The van der Waals surface area contributed by atoms with Gasteiger partial charge < -0.3 is 10.2 Å². The predicted molar refractivity (Wildman–Crippen MR) is 162 cm³/mol. The van der Waals surface area contributed by atoms with E-state index in [2.05, 4.69) is 5.32 Å². The number of nitrogens with zero attached hydrogens (tertiary/aromatic N) is 2. The molecular formula is C32H41N3O4S. The summed E-state index contributed by atoms with van der Waals surface area (Å²) in [6.07, 6.45) is 2.13. The van der Waals surface area contributed by atoms with Gasteiger partial charge in [0.2, 0.25) is 21.8 Å². The minimum absolute atomic E-state index is 0.0788. The van der Waals surface area contributed by atoms with Crippen molar-refractivity contribution in [3.63, 3.8) is 0 Å². The zero-order valence-corrected chi connectivity index (χ0v) is 25.2. The monoisotopic (exact) mass is 563 g/mol. The Hall–Kier alpha value is -3.65. The van der Waals surface area contributed by atoms with Crippen LogP contribution >= 0.6 is 0 Å². The lowest BCUT2D eigenvalue weighted by atomic mass is 10.0. The van der Waals surface area contributed by atoms with Crippen LogP contribution in [-0.4, -0.2) is 50.0 Å². The SMILES string of the molecule is CC[C@H](C)NC(=O)[C@@H](Cc1ccccc1)N(Cc1ccc(C)cc1)C(=O)CN(c1cc(C)cc(C)c1)S(C)(=O)=O. The first-order valence-electron chi connectivity index (χ1n) is 13.6. The minimum Gasteiger partial charge on any atom is -0.352 e. The van der Waals surface area contributed by atoms with Gasteiger partial charge in [0, 0.05) is 19.0 Å². The van der Waals surface area contributed by atoms with Crippen molar-refractivity contribution < 1.29 is 18.0 Å². The van der Waals surface area contributed by atoms with Crippen molar-refractivity contribution in [3.8, 4) is 0 Å². The maximum Gasteiger partial charge on any atom is 0.244 e. The molecule has 0 heterocycles.